The number of hydrogen-bond donors (Lipinski definition) is 3. The molecule has 0 aromatic carbocycles. The van der Waals surface area contributed by atoms with Gasteiger partial charge in [-0.25, -0.2) is 0 Å². The summed E-state index contributed by atoms with van der Waals surface area (Å²) in [5.41, 5.74) is -6.11. The maximum Gasteiger partial charge on any atom is 0.306 e. The van der Waals surface area contributed by atoms with Crippen LogP contribution in [0.15, 0.2) is 0 Å². The molecule has 0 amide bonds. The highest BCUT2D eigenvalue weighted by Gasteiger charge is 2.80. The monoisotopic (exact) mass is 298 g/mol. The van der Waals surface area contributed by atoms with E-state index in [1.807, 2.05) is 6.92 Å². The van der Waals surface area contributed by atoms with Gasteiger partial charge in [-0.3, -0.25) is 9.59 Å². The smallest absolute Gasteiger partial charge is 0.306 e. The fourth-order valence-electron chi connectivity index (χ4n) is 4.96. The normalized spacial score (nSPS) is 56.7. The molecule has 6 heteroatoms. The van der Waals surface area contributed by atoms with Crippen molar-refractivity contribution in [1.29, 1.82) is 0 Å². The molecule has 3 rings (SSSR count). The van der Waals surface area contributed by atoms with Gasteiger partial charge in [0.25, 0.3) is 0 Å². The lowest BCUT2D eigenvalue weighted by Crippen LogP contribution is -2.75. The van der Waals surface area contributed by atoms with Crippen molar-refractivity contribution in [3.05, 3.63) is 0 Å². The van der Waals surface area contributed by atoms with Crippen LogP contribution < -0.4 is 0 Å². The molecular formula is C15H22O6. The van der Waals surface area contributed by atoms with Crippen LogP contribution in [0.5, 0.6) is 0 Å². The topological polar surface area (TPSA) is 104 Å². The average Bonchev–Trinajstić information content (AvgIpc) is 2.52. The molecule has 2 bridgehead atoms. The molecule has 118 valence electrons. The Morgan fingerprint density at radius 2 is 1.81 bits per heavy atom. The van der Waals surface area contributed by atoms with Crippen LogP contribution in [0.2, 0.25) is 0 Å². The molecule has 3 fully saturated rings. The van der Waals surface area contributed by atoms with Crippen LogP contribution in [0.25, 0.3) is 0 Å². The first-order valence-electron chi connectivity index (χ1n) is 7.35. The number of ketones is 1. The van der Waals surface area contributed by atoms with E-state index in [0.29, 0.717) is 6.42 Å². The molecule has 3 aliphatic rings. The maximum absolute atomic E-state index is 12.5. The number of cyclic esters (lactones) is 1. The Morgan fingerprint density at radius 3 is 2.43 bits per heavy atom. The predicted octanol–water partition coefficient (Wildman–Crippen LogP) is -0.218. The van der Waals surface area contributed by atoms with Gasteiger partial charge >= 0.3 is 5.97 Å². The molecular weight excluding hydrogens is 276 g/mol. The molecule has 0 spiro atoms. The number of ether oxygens (including phenoxy) is 1. The van der Waals surface area contributed by atoms with E-state index < -0.39 is 39.9 Å². The van der Waals surface area contributed by atoms with Crippen LogP contribution in [0, 0.1) is 16.7 Å². The molecule has 0 aromatic heterocycles. The van der Waals surface area contributed by atoms with Gasteiger partial charge in [-0.2, -0.15) is 0 Å². The Hall–Kier alpha value is -0.980. The third-order valence-corrected chi connectivity index (χ3v) is 6.68. The van der Waals surface area contributed by atoms with Crippen LogP contribution in [-0.2, 0) is 14.3 Å². The third kappa shape index (κ3) is 1.34. The van der Waals surface area contributed by atoms with E-state index in [2.05, 4.69) is 0 Å². The zero-order valence-corrected chi connectivity index (χ0v) is 12.5. The summed E-state index contributed by atoms with van der Waals surface area (Å²) in [6, 6.07) is 0. The summed E-state index contributed by atoms with van der Waals surface area (Å²) in [4.78, 5) is 24.5. The number of hydrogen-bond acceptors (Lipinski definition) is 6. The van der Waals surface area contributed by atoms with E-state index >= 15 is 0 Å². The van der Waals surface area contributed by atoms with Crippen molar-refractivity contribution in [3.63, 3.8) is 0 Å². The molecule has 2 aliphatic carbocycles. The molecule has 2 saturated carbocycles. The predicted molar refractivity (Wildman–Crippen MR) is 71.1 cm³/mol. The van der Waals surface area contributed by atoms with E-state index in [4.69, 9.17) is 4.74 Å². The second-order valence-corrected chi connectivity index (χ2v) is 7.42. The second kappa shape index (κ2) is 3.86. The molecule has 1 unspecified atom stereocenters. The molecule has 1 heterocycles. The second-order valence-electron chi connectivity index (χ2n) is 7.42. The first kappa shape index (κ1) is 14.9. The van der Waals surface area contributed by atoms with Crippen LogP contribution in [0.4, 0.5) is 0 Å². The number of rotatable bonds is 0. The first-order valence-corrected chi connectivity index (χ1v) is 7.35. The SMILES string of the molecule is CC1C[C@H](O)[C@@]2(O)[C@]13CC(=O)OC[C@]2(C)[C@@](C)(O)C(=O)C3. The number of carbonyl (C=O) groups excluding carboxylic acids is 2. The van der Waals surface area contributed by atoms with Gasteiger partial charge in [-0.15, -0.1) is 0 Å². The molecule has 3 N–H and O–H groups in total. The van der Waals surface area contributed by atoms with E-state index in [0.717, 1.165) is 0 Å². The fraction of sp³-hybridized carbons (Fsp3) is 0.867. The van der Waals surface area contributed by atoms with Crippen molar-refractivity contribution in [2.24, 2.45) is 16.7 Å². The molecule has 21 heavy (non-hydrogen) atoms. The minimum Gasteiger partial charge on any atom is -0.465 e. The number of aliphatic hydroxyl groups is 3. The lowest BCUT2D eigenvalue weighted by Gasteiger charge is -2.60. The molecule has 1 aliphatic heterocycles. The van der Waals surface area contributed by atoms with Gasteiger partial charge in [-0.1, -0.05) is 13.8 Å². The van der Waals surface area contributed by atoms with Crippen molar-refractivity contribution >= 4 is 11.8 Å². The van der Waals surface area contributed by atoms with E-state index in [1.165, 1.54) is 13.8 Å². The van der Waals surface area contributed by atoms with Crippen molar-refractivity contribution in [1.82, 2.24) is 0 Å². The Labute approximate surface area is 123 Å². The minimum absolute atomic E-state index is 0.112. The quantitative estimate of drug-likeness (QED) is 0.534. The Kier molecular flexibility index (Phi) is 2.74. The maximum atomic E-state index is 12.5. The molecule has 0 radical (unpaired) electrons. The van der Waals surface area contributed by atoms with Gasteiger partial charge in [0.1, 0.15) is 17.8 Å². The fourth-order valence-corrected chi connectivity index (χ4v) is 4.96. The molecule has 1 saturated heterocycles. The highest BCUT2D eigenvalue weighted by atomic mass is 16.5. The van der Waals surface area contributed by atoms with Crippen LogP contribution >= 0.6 is 0 Å². The van der Waals surface area contributed by atoms with Crippen molar-refractivity contribution in [2.45, 2.75) is 57.3 Å². The zero-order valence-electron chi connectivity index (χ0n) is 12.5. The van der Waals surface area contributed by atoms with Crippen LogP contribution in [0.3, 0.4) is 0 Å². The summed E-state index contributed by atoms with van der Waals surface area (Å²) in [6.45, 7) is 4.41. The van der Waals surface area contributed by atoms with Gasteiger partial charge in [0.2, 0.25) is 0 Å². The summed E-state index contributed by atoms with van der Waals surface area (Å²) in [7, 11) is 0. The Balaban J connectivity index is 2.32. The van der Waals surface area contributed by atoms with E-state index in [9.17, 15) is 24.9 Å². The van der Waals surface area contributed by atoms with Crippen molar-refractivity contribution in [2.75, 3.05) is 6.61 Å². The van der Waals surface area contributed by atoms with Crippen LogP contribution in [-0.4, -0.2) is 51.0 Å². The van der Waals surface area contributed by atoms with Crippen molar-refractivity contribution < 1.29 is 29.6 Å². The van der Waals surface area contributed by atoms with Gasteiger partial charge in [0.15, 0.2) is 5.78 Å². The Morgan fingerprint density at radius 1 is 1.19 bits per heavy atom. The van der Waals surface area contributed by atoms with Crippen LogP contribution in [0.1, 0.15) is 40.0 Å². The standard InChI is InChI=1S/C15H22O6/c1-8-4-9(16)15(20)12(2)7-21-11(18)6-14(8,15)5-10(17)13(12,3)19/h8-9,16,19-20H,4-7H2,1-3H3/t8?,9-,12+,13-,14+,15-/m0/s1. The summed E-state index contributed by atoms with van der Waals surface area (Å²) >= 11 is 0. The number of Topliss-reactive ketones (excluding diaryl/α,β-unsaturated/α-hetero) is 1. The minimum atomic E-state index is -1.86. The average molecular weight is 298 g/mol. The molecule has 6 nitrogen and oxygen atoms in total. The first-order chi connectivity index (χ1) is 9.53. The molecule has 0 aromatic rings. The number of esters is 1. The zero-order chi connectivity index (χ0) is 15.8. The third-order valence-electron chi connectivity index (χ3n) is 6.68. The highest BCUT2D eigenvalue weighted by molar-refractivity contribution is 5.91. The lowest BCUT2D eigenvalue weighted by molar-refractivity contribution is -0.272. The number of carbonyl (C=O) groups is 2. The van der Waals surface area contributed by atoms with Crippen molar-refractivity contribution in [3.8, 4) is 0 Å². The lowest BCUT2D eigenvalue weighted by atomic mass is 9.46. The summed E-state index contributed by atoms with van der Waals surface area (Å²) in [6.07, 6.45) is -1.05. The largest absolute Gasteiger partial charge is 0.465 e. The number of aliphatic hydroxyl groups excluding tert-OH is 1. The summed E-state index contributed by atoms with van der Waals surface area (Å²) in [5, 5.41) is 32.7. The molecule has 6 atom stereocenters. The Bertz CT molecular complexity index is 528. The van der Waals surface area contributed by atoms with E-state index in [-0.39, 0.29) is 25.4 Å². The highest BCUT2D eigenvalue weighted by Crippen LogP contribution is 2.68. The van der Waals surface area contributed by atoms with Gasteiger partial charge in [0.05, 0.1) is 17.9 Å². The summed E-state index contributed by atoms with van der Waals surface area (Å²) in [5.74, 6) is -1.12. The van der Waals surface area contributed by atoms with E-state index in [1.54, 1.807) is 0 Å². The van der Waals surface area contributed by atoms with Gasteiger partial charge < -0.3 is 20.1 Å². The van der Waals surface area contributed by atoms with Gasteiger partial charge in [0, 0.05) is 11.8 Å². The van der Waals surface area contributed by atoms with Gasteiger partial charge in [-0.05, 0) is 19.3 Å². The summed E-state index contributed by atoms with van der Waals surface area (Å²) < 4.78 is 5.17.